The van der Waals surface area contributed by atoms with Crippen LogP contribution in [0.25, 0.3) is 0 Å². The summed E-state index contributed by atoms with van der Waals surface area (Å²) in [7, 11) is 2.19. The number of hydrogen-bond acceptors (Lipinski definition) is 4. The highest BCUT2D eigenvalue weighted by atomic mass is 16.5. The molecule has 1 aromatic heterocycles. The van der Waals surface area contributed by atoms with Crippen molar-refractivity contribution in [2.45, 2.75) is 44.8 Å². The first-order valence-electron chi connectivity index (χ1n) is 6.99. The first kappa shape index (κ1) is 12.1. The van der Waals surface area contributed by atoms with Crippen LogP contribution in [-0.4, -0.2) is 46.4 Å². The third kappa shape index (κ3) is 2.06. The van der Waals surface area contributed by atoms with Crippen molar-refractivity contribution in [2.75, 3.05) is 26.7 Å². The standard InChI is InChI=1S/C13H22N4O/c1-3-11-8-18-9-12-14-15-13(17(11)12)10-4-6-16(2)7-5-10/h10-11H,3-9H2,1-2H3. The van der Waals surface area contributed by atoms with Gasteiger partial charge in [0.1, 0.15) is 12.4 Å². The van der Waals surface area contributed by atoms with Gasteiger partial charge >= 0.3 is 0 Å². The quantitative estimate of drug-likeness (QED) is 0.799. The molecule has 5 nitrogen and oxygen atoms in total. The summed E-state index contributed by atoms with van der Waals surface area (Å²) < 4.78 is 7.95. The first-order valence-corrected chi connectivity index (χ1v) is 6.99. The third-order valence-corrected chi connectivity index (χ3v) is 4.25. The van der Waals surface area contributed by atoms with Crippen molar-refractivity contribution in [1.82, 2.24) is 19.7 Å². The Labute approximate surface area is 108 Å². The van der Waals surface area contributed by atoms with Gasteiger partial charge in [-0.2, -0.15) is 0 Å². The van der Waals surface area contributed by atoms with Crippen molar-refractivity contribution in [3.63, 3.8) is 0 Å². The number of nitrogens with zero attached hydrogens (tertiary/aromatic N) is 4. The lowest BCUT2D eigenvalue weighted by Gasteiger charge is -2.31. The van der Waals surface area contributed by atoms with Crippen molar-refractivity contribution in [3.8, 4) is 0 Å². The maximum absolute atomic E-state index is 5.59. The Hall–Kier alpha value is -0.940. The molecule has 3 rings (SSSR count). The van der Waals surface area contributed by atoms with Crippen LogP contribution in [0.2, 0.25) is 0 Å². The van der Waals surface area contributed by atoms with E-state index in [1.165, 1.54) is 31.8 Å². The van der Waals surface area contributed by atoms with E-state index in [9.17, 15) is 0 Å². The first-order chi connectivity index (χ1) is 8.79. The predicted octanol–water partition coefficient (Wildman–Crippen LogP) is 1.57. The van der Waals surface area contributed by atoms with Gasteiger partial charge in [-0.3, -0.25) is 0 Å². The number of aromatic nitrogens is 3. The maximum Gasteiger partial charge on any atom is 0.159 e. The van der Waals surface area contributed by atoms with Crippen LogP contribution in [0.5, 0.6) is 0 Å². The van der Waals surface area contributed by atoms with Crippen LogP contribution < -0.4 is 0 Å². The Kier molecular flexibility index (Phi) is 3.35. The summed E-state index contributed by atoms with van der Waals surface area (Å²) >= 11 is 0. The molecular weight excluding hydrogens is 228 g/mol. The molecule has 0 saturated carbocycles. The molecule has 1 aromatic rings. The molecule has 1 unspecified atom stereocenters. The summed E-state index contributed by atoms with van der Waals surface area (Å²) in [6.45, 7) is 5.97. The van der Waals surface area contributed by atoms with Crippen molar-refractivity contribution in [1.29, 1.82) is 0 Å². The van der Waals surface area contributed by atoms with E-state index in [0.29, 0.717) is 18.6 Å². The summed E-state index contributed by atoms with van der Waals surface area (Å²) in [5.74, 6) is 2.80. The van der Waals surface area contributed by atoms with E-state index < -0.39 is 0 Å². The summed E-state index contributed by atoms with van der Waals surface area (Å²) in [6.07, 6.45) is 3.49. The highest BCUT2D eigenvalue weighted by Crippen LogP contribution is 2.31. The van der Waals surface area contributed by atoms with Gasteiger partial charge in [-0.15, -0.1) is 10.2 Å². The number of ether oxygens (including phenoxy) is 1. The van der Waals surface area contributed by atoms with E-state index in [4.69, 9.17) is 4.74 Å². The molecule has 1 saturated heterocycles. The van der Waals surface area contributed by atoms with Gasteiger partial charge in [-0.1, -0.05) is 6.92 Å². The van der Waals surface area contributed by atoms with E-state index in [1.54, 1.807) is 0 Å². The van der Waals surface area contributed by atoms with Crippen molar-refractivity contribution in [2.24, 2.45) is 0 Å². The van der Waals surface area contributed by atoms with Gasteiger partial charge in [0.15, 0.2) is 5.82 Å². The second kappa shape index (κ2) is 4.97. The van der Waals surface area contributed by atoms with E-state index in [1.807, 2.05) is 0 Å². The van der Waals surface area contributed by atoms with E-state index in [-0.39, 0.29) is 0 Å². The average molecular weight is 250 g/mol. The number of fused-ring (bicyclic) bond motifs is 1. The molecule has 3 heterocycles. The molecule has 2 aliphatic heterocycles. The topological polar surface area (TPSA) is 43.2 Å². The Morgan fingerprint density at radius 1 is 1.28 bits per heavy atom. The van der Waals surface area contributed by atoms with Crippen LogP contribution in [0.3, 0.4) is 0 Å². The minimum atomic E-state index is 0.429. The number of rotatable bonds is 2. The molecule has 0 radical (unpaired) electrons. The van der Waals surface area contributed by atoms with Gasteiger partial charge in [0, 0.05) is 5.92 Å². The second-order valence-corrected chi connectivity index (χ2v) is 5.50. The smallest absolute Gasteiger partial charge is 0.159 e. The van der Waals surface area contributed by atoms with Crippen molar-refractivity contribution >= 4 is 0 Å². The van der Waals surface area contributed by atoms with Gasteiger partial charge in [0.25, 0.3) is 0 Å². The normalized spacial score (nSPS) is 26.2. The molecule has 5 heteroatoms. The van der Waals surface area contributed by atoms with E-state index in [2.05, 4.69) is 33.6 Å². The molecule has 1 atom stereocenters. The Morgan fingerprint density at radius 3 is 2.78 bits per heavy atom. The molecule has 100 valence electrons. The molecule has 0 N–H and O–H groups in total. The fourth-order valence-electron chi connectivity index (χ4n) is 3.04. The third-order valence-electron chi connectivity index (χ3n) is 4.25. The van der Waals surface area contributed by atoms with Crippen molar-refractivity contribution < 1.29 is 4.74 Å². The zero-order valence-electron chi connectivity index (χ0n) is 11.3. The molecule has 2 aliphatic rings. The van der Waals surface area contributed by atoms with E-state index >= 15 is 0 Å². The second-order valence-electron chi connectivity index (χ2n) is 5.50. The minimum Gasteiger partial charge on any atom is -0.371 e. The summed E-state index contributed by atoms with van der Waals surface area (Å²) in [4.78, 5) is 2.39. The monoisotopic (exact) mass is 250 g/mol. The van der Waals surface area contributed by atoms with Gasteiger partial charge in [0.2, 0.25) is 0 Å². The highest BCUT2D eigenvalue weighted by Gasteiger charge is 2.29. The fourth-order valence-corrected chi connectivity index (χ4v) is 3.04. The number of piperidine rings is 1. The highest BCUT2D eigenvalue weighted by molar-refractivity contribution is 5.07. The van der Waals surface area contributed by atoms with Gasteiger partial charge in [-0.25, -0.2) is 0 Å². The molecule has 1 fully saturated rings. The molecule has 0 amide bonds. The lowest BCUT2D eigenvalue weighted by molar-refractivity contribution is 0.0513. The molecule has 0 spiro atoms. The molecule has 0 aromatic carbocycles. The SMILES string of the molecule is CCC1COCc2nnc(C3CCN(C)CC3)n21. The summed E-state index contributed by atoms with van der Waals surface area (Å²) in [5.41, 5.74) is 0. The summed E-state index contributed by atoms with van der Waals surface area (Å²) in [5, 5.41) is 8.78. The number of likely N-dealkylation sites (tertiary alicyclic amines) is 1. The Bertz CT molecular complexity index is 409. The lowest BCUT2D eigenvalue weighted by Crippen LogP contribution is -2.32. The van der Waals surface area contributed by atoms with Crippen LogP contribution in [0.15, 0.2) is 0 Å². The molecule has 0 bridgehead atoms. The number of hydrogen-bond donors (Lipinski definition) is 0. The largest absolute Gasteiger partial charge is 0.371 e. The molecular formula is C13H22N4O. The molecule has 0 aliphatic carbocycles. The maximum atomic E-state index is 5.59. The Morgan fingerprint density at radius 2 is 2.06 bits per heavy atom. The zero-order valence-corrected chi connectivity index (χ0v) is 11.3. The predicted molar refractivity (Wildman–Crippen MR) is 68.5 cm³/mol. The van der Waals surface area contributed by atoms with Crippen LogP contribution in [0.1, 0.15) is 49.8 Å². The van der Waals surface area contributed by atoms with Crippen molar-refractivity contribution in [3.05, 3.63) is 11.6 Å². The van der Waals surface area contributed by atoms with Gasteiger partial charge in [-0.05, 0) is 39.4 Å². The summed E-state index contributed by atoms with van der Waals surface area (Å²) in [6, 6.07) is 0.429. The van der Waals surface area contributed by atoms with Crippen LogP contribution in [0, 0.1) is 0 Å². The molecule has 18 heavy (non-hydrogen) atoms. The van der Waals surface area contributed by atoms with Crippen LogP contribution in [0.4, 0.5) is 0 Å². The average Bonchev–Trinajstić information content (AvgIpc) is 2.83. The van der Waals surface area contributed by atoms with E-state index in [0.717, 1.165) is 18.9 Å². The lowest BCUT2D eigenvalue weighted by atomic mass is 9.95. The fraction of sp³-hybridized carbons (Fsp3) is 0.846. The van der Waals surface area contributed by atoms with Gasteiger partial charge < -0.3 is 14.2 Å². The van der Waals surface area contributed by atoms with Gasteiger partial charge in [0.05, 0.1) is 12.6 Å². The zero-order chi connectivity index (χ0) is 12.5. The van der Waals surface area contributed by atoms with Crippen LogP contribution in [-0.2, 0) is 11.3 Å². The Balaban J connectivity index is 1.86. The minimum absolute atomic E-state index is 0.429. The van der Waals surface area contributed by atoms with Crippen LogP contribution >= 0.6 is 0 Å².